The monoisotopic (exact) mass is 315 g/mol. The fraction of sp³-hybridized carbons (Fsp3) is 0.467. The van der Waals surface area contributed by atoms with Gasteiger partial charge in [0.2, 0.25) is 5.91 Å². The molecule has 21 heavy (non-hydrogen) atoms. The van der Waals surface area contributed by atoms with Gasteiger partial charge in [-0.2, -0.15) is 0 Å². The van der Waals surface area contributed by atoms with Crippen LogP contribution in [0.25, 0.3) is 0 Å². The largest absolute Gasteiger partial charge is 0.465 e. The van der Waals surface area contributed by atoms with Gasteiger partial charge in [-0.25, -0.2) is 4.39 Å². The summed E-state index contributed by atoms with van der Waals surface area (Å²) in [5, 5.41) is 2.61. The van der Waals surface area contributed by atoms with Gasteiger partial charge in [0.1, 0.15) is 11.7 Å². The van der Waals surface area contributed by atoms with Crippen molar-refractivity contribution >= 4 is 29.2 Å². The molecule has 0 heterocycles. The van der Waals surface area contributed by atoms with E-state index in [9.17, 15) is 14.0 Å². The van der Waals surface area contributed by atoms with Crippen molar-refractivity contribution in [3.05, 3.63) is 29.0 Å². The number of carbonyl (C=O) groups excluding carboxylic acids is 2. The van der Waals surface area contributed by atoms with E-state index in [1.165, 1.54) is 12.1 Å². The highest BCUT2D eigenvalue weighted by Gasteiger charge is 2.39. The summed E-state index contributed by atoms with van der Waals surface area (Å²) in [7, 11) is 0. The Kier molecular flexibility index (Phi) is 5.72. The van der Waals surface area contributed by atoms with Crippen LogP contribution in [0.4, 0.5) is 10.1 Å². The minimum atomic E-state index is -0.987. The molecule has 0 aromatic heterocycles. The Bertz CT molecular complexity index is 540. The minimum Gasteiger partial charge on any atom is -0.465 e. The molecule has 1 aromatic rings. The molecule has 6 heteroatoms. The zero-order valence-electron chi connectivity index (χ0n) is 12.5. The Hall–Kier alpha value is -1.62. The van der Waals surface area contributed by atoms with Gasteiger partial charge >= 0.3 is 5.97 Å². The highest BCUT2D eigenvalue weighted by atomic mass is 35.5. The fourth-order valence-electron chi connectivity index (χ4n) is 1.88. The molecule has 1 atom stereocenters. The molecule has 1 rings (SSSR count). The van der Waals surface area contributed by atoms with E-state index >= 15 is 0 Å². The van der Waals surface area contributed by atoms with Crippen molar-refractivity contribution in [2.24, 2.45) is 11.3 Å². The van der Waals surface area contributed by atoms with Gasteiger partial charge in [-0.1, -0.05) is 32.4 Å². The van der Waals surface area contributed by atoms with Gasteiger partial charge in [-0.3, -0.25) is 9.59 Å². The smallest absolute Gasteiger partial charge is 0.319 e. The standard InChI is InChI=1S/C15H19ClFNO3/c1-5-21-14(20)12(15(2,3)4)13(19)18-11-7-6-9(17)8-10(11)16/h6-8,12H,5H2,1-4H3,(H,18,19). The Labute approximate surface area is 128 Å². The molecule has 0 aliphatic carbocycles. The third kappa shape index (κ3) is 4.70. The molecule has 1 unspecified atom stereocenters. The first kappa shape index (κ1) is 17.4. The Morgan fingerprint density at radius 1 is 1.38 bits per heavy atom. The molecule has 1 amide bonds. The summed E-state index contributed by atoms with van der Waals surface area (Å²) in [6, 6.07) is 3.62. The number of nitrogens with one attached hydrogen (secondary N) is 1. The number of hydrogen-bond acceptors (Lipinski definition) is 3. The second-order valence-corrected chi connectivity index (χ2v) is 6.07. The quantitative estimate of drug-likeness (QED) is 0.681. The van der Waals surface area contributed by atoms with Gasteiger partial charge in [-0.05, 0) is 30.5 Å². The van der Waals surface area contributed by atoms with Gasteiger partial charge in [0, 0.05) is 0 Å². The maximum Gasteiger partial charge on any atom is 0.319 e. The number of hydrogen-bond donors (Lipinski definition) is 1. The molecule has 0 bridgehead atoms. The van der Waals surface area contributed by atoms with Crippen LogP contribution in [0.5, 0.6) is 0 Å². The third-order valence-corrected chi connectivity index (χ3v) is 3.15. The Morgan fingerprint density at radius 3 is 2.48 bits per heavy atom. The predicted molar refractivity (Wildman–Crippen MR) is 79.6 cm³/mol. The first-order valence-electron chi connectivity index (χ1n) is 6.59. The van der Waals surface area contributed by atoms with E-state index in [1.54, 1.807) is 27.7 Å². The number of esters is 1. The molecule has 0 aliphatic heterocycles. The Morgan fingerprint density at radius 2 is 2.00 bits per heavy atom. The van der Waals surface area contributed by atoms with Crippen LogP contribution in [0.15, 0.2) is 18.2 Å². The van der Waals surface area contributed by atoms with E-state index in [4.69, 9.17) is 16.3 Å². The summed E-state index contributed by atoms with van der Waals surface area (Å²) < 4.78 is 17.9. The molecule has 0 fully saturated rings. The number of ether oxygens (including phenoxy) is 1. The predicted octanol–water partition coefficient (Wildman–Crippen LogP) is 3.64. The van der Waals surface area contributed by atoms with E-state index in [0.29, 0.717) is 0 Å². The van der Waals surface area contributed by atoms with Crippen LogP contribution in [0, 0.1) is 17.2 Å². The van der Waals surface area contributed by atoms with Crippen LogP contribution in [0.1, 0.15) is 27.7 Å². The number of benzene rings is 1. The van der Waals surface area contributed by atoms with Crippen LogP contribution in [0.3, 0.4) is 0 Å². The number of carbonyl (C=O) groups is 2. The van der Waals surface area contributed by atoms with Gasteiger partial charge in [0.15, 0.2) is 0 Å². The highest BCUT2D eigenvalue weighted by molar-refractivity contribution is 6.33. The molecule has 1 aromatic carbocycles. The lowest BCUT2D eigenvalue weighted by molar-refractivity contribution is -0.155. The topological polar surface area (TPSA) is 55.4 Å². The summed E-state index contributed by atoms with van der Waals surface area (Å²) in [5.41, 5.74) is -0.371. The first-order valence-corrected chi connectivity index (χ1v) is 6.97. The lowest BCUT2D eigenvalue weighted by Crippen LogP contribution is -2.40. The van der Waals surface area contributed by atoms with Crippen LogP contribution in [-0.2, 0) is 14.3 Å². The first-order chi connectivity index (χ1) is 9.66. The molecule has 116 valence electrons. The zero-order chi connectivity index (χ0) is 16.2. The van der Waals surface area contributed by atoms with Crippen LogP contribution >= 0.6 is 11.6 Å². The summed E-state index contributed by atoms with van der Waals surface area (Å²) in [5.74, 6) is -2.62. The average Bonchev–Trinajstić information content (AvgIpc) is 2.31. The molecule has 4 nitrogen and oxygen atoms in total. The van der Waals surface area contributed by atoms with E-state index in [-0.39, 0.29) is 17.3 Å². The molecule has 0 radical (unpaired) electrons. The summed E-state index contributed by atoms with van der Waals surface area (Å²) >= 11 is 5.86. The Balaban J connectivity index is 2.99. The lowest BCUT2D eigenvalue weighted by atomic mass is 9.80. The second kappa shape index (κ2) is 6.89. The maximum atomic E-state index is 13.0. The summed E-state index contributed by atoms with van der Waals surface area (Å²) in [4.78, 5) is 24.3. The summed E-state index contributed by atoms with van der Waals surface area (Å²) in [6.07, 6.45) is 0. The van der Waals surface area contributed by atoms with Crippen molar-refractivity contribution in [2.75, 3.05) is 11.9 Å². The third-order valence-electron chi connectivity index (χ3n) is 2.84. The van der Waals surface area contributed by atoms with Gasteiger partial charge < -0.3 is 10.1 Å². The van der Waals surface area contributed by atoms with E-state index in [2.05, 4.69) is 5.32 Å². The van der Waals surface area contributed by atoms with Crippen molar-refractivity contribution in [2.45, 2.75) is 27.7 Å². The van der Waals surface area contributed by atoms with Crippen molar-refractivity contribution in [3.8, 4) is 0 Å². The number of anilines is 1. The van der Waals surface area contributed by atoms with Crippen molar-refractivity contribution in [3.63, 3.8) is 0 Å². The highest BCUT2D eigenvalue weighted by Crippen LogP contribution is 2.30. The minimum absolute atomic E-state index is 0.0693. The van der Waals surface area contributed by atoms with Crippen molar-refractivity contribution in [1.82, 2.24) is 0 Å². The molecular formula is C15H19ClFNO3. The summed E-state index contributed by atoms with van der Waals surface area (Å²) in [6.45, 7) is 7.16. The zero-order valence-corrected chi connectivity index (χ0v) is 13.3. The van der Waals surface area contributed by atoms with Crippen LogP contribution in [-0.4, -0.2) is 18.5 Å². The van der Waals surface area contributed by atoms with Crippen molar-refractivity contribution in [1.29, 1.82) is 0 Å². The second-order valence-electron chi connectivity index (χ2n) is 5.66. The van der Waals surface area contributed by atoms with Crippen molar-refractivity contribution < 1.29 is 18.7 Å². The van der Waals surface area contributed by atoms with E-state index in [1.807, 2.05) is 0 Å². The number of rotatable bonds is 4. The number of halogens is 2. The van der Waals surface area contributed by atoms with Crippen LogP contribution in [0.2, 0.25) is 5.02 Å². The normalized spacial score (nSPS) is 12.7. The van der Waals surface area contributed by atoms with E-state index < -0.39 is 29.0 Å². The molecular weight excluding hydrogens is 297 g/mol. The molecule has 1 N–H and O–H groups in total. The average molecular weight is 316 g/mol. The van der Waals surface area contributed by atoms with Gasteiger partial charge in [0.05, 0.1) is 17.3 Å². The van der Waals surface area contributed by atoms with Gasteiger partial charge in [0.25, 0.3) is 0 Å². The lowest BCUT2D eigenvalue weighted by Gasteiger charge is -2.27. The number of amides is 1. The fourth-order valence-corrected chi connectivity index (χ4v) is 2.09. The molecule has 0 aliphatic rings. The van der Waals surface area contributed by atoms with E-state index in [0.717, 1.165) is 6.07 Å². The molecule has 0 saturated carbocycles. The van der Waals surface area contributed by atoms with Crippen LogP contribution < -0.4 is 5.32 Å². The maximum absolute atomic E-state index is 13.0. The van der Waals surface area contributed by atoms with Gasteiger partial charge in [-0.15, -0.1) is 0 Å². The molecule has 0 spiro atoms. The SMILES string of the molecule is CCOC(=O)C(C(=O)Nc1ccc(F)cc1Cl)C(C)(C)C. The molecule has 0 saturated heterocycles.